The molecule has 0 radical (unpaired) electrons. The summed E-state index contributed by atoms with van der Waals surface area (Å²) in [5, 5.41) is 3.29. The van der Waals surface area contributed by atoms with Crippen molar-refractivity contribution in [1.82, 2.24) is 4.90 Å². The molecule has 3 aromatic rings. The number of nitrogens with zero attached hydrogens (tertiary/aromatic N) is 1. The van der Waals surface area contributed by atoms with Crippen molar-refractivity contribution in [3.63, 3.8) is 0 Å². The normalized spacial score (nSPS) is 16.8. The lowest BCUT2D eigenvalue weighted by molar-refractivity contribution is -0.109. The Hall–Kier alpha value is -3.03. The molecule has 252 valence electrons. The van der Waals surface area contributed by atoms with Gasteiger partial charge < -0.3 is 19.6 Å². The van der Waals surface area contributed by atoms with E-state index in [-0.39, 0.29) is 23.7 Å². The van der Waals surface area contributed by atoms with E-state index in [1.165, 1.54) is 22.4 Å². The van der Waals surface area contributed by atoms with Crippen molar-refractivity contribution >= 4 is 23.7 Å². The van der Waals surface area contributed by atoms with Gasteiger partial charge in [-0.25, -0.2) is 4.39 Å². The number of hydrogen-bond acceptors (Lipinski definition) is 6. The average molecular weight is 651 g/mol. The van der Waals surface area contributed by atoms with Gasteiger partial charge in [-0.15, -0.1) is 0 Å². The number of halogens is 1. The number of aryl methyl sites for hydroxylation is 3. The van der Waals surface area contributed by atoms with E-state index in [0.717, 1.165) is 54.6 Å². The summed E-state index contributed by atoms with van der Waals surface area (Å²) in [6.07, 6.45) is 6.90. The van der Waals surface area contributed by atoms with E-state index < -0.39 is 0 Å². The molecule has 1 N–H and O–H groups in total. The van der Waals surface area contributed by atoms with Gasteiger partial charge >= 0.3 is 0 Å². The molecule has 7 heteroatoms. The number of hydrogen-bond donors (Lipinski definition) is 1. The fourth-order valence-corrected chi connectivity index (χ4v) is 6.69. The van der Waals surface area contributed by atoms with Crippen LogP contribution < -0.4 is 14.8 Å². The summed E-state index contributed by atoms with van der Waals surface area (Å²) in [4.78, 5) is 13.6. The van der Waals surface area contributed by atoms with Gasteiger partial charge in [-0.2, -0.15) is 11.8 Å². The lowest BCUT2D eigenvalue weighted by Crippen LogP contribution is -2.25. The summed E-state index contributed by atoms with van der Waals surface area (Å²) >= 11 is 1.76. The predicted octanol–water partition coefficient (Wildman–Crippen LogP) is 9.37. The van der Waals surface area contributed by atoms with Crippen molar-refractivity contribution in [2.45, 2.75) is 85.1 Å². The van der Waals surface area contributed by atoms with Gasteiger partial charge in [0.25, 0.3) is 0 Å². The molecule has 0 aliphatic carbocycles. The van der Waals surface area contributed by atoms with Crippen LogP contribution in [0.2, 0.25) is 0 Å². The highest BCUT2D eigenvalue weighted by atomic mass is 32.2. The molecule has 1 saturated heterocycles. The van der Waals surface area contributed by atoms with Gasteiger partial charge in [-0.1, -0.05) is 57.5 Å². The molecule has 1 fully saturated rings. The summed E-state index contributed by atoms with van der Waals surface area (Å²) in [7, 11) is 2.00. The molecule has 3 aromatic carbocycles. The molecule has 0 bridgehead atoms. The zero-order valence-corrected chi connectivity index (χ0v) is 30.1. The van der Waals surface area contributed by atoms with Gasteiger partial charge in [0.1, 0.15) is 23.6 Å². The first-order chi connectivity index (χ1) is 22.2. The summed E-state index contributed by atoms with van der Waals surface area (Å²) in [5.41, 5.74) is 8.32. The molecule has 0 saturated carbocycles. The molecule has 0 aromatic heterocycles. The van der Waals surface area contributed by atoms with Crippen LogP contribution in [0, 0.1) is 12.7 Å². The maximum absolute atomic E-state index is 15.2. The Morgan fingerprint density at radius 2 is 1.70 bits per heavy atom. The highest BCUT2D eigenvalue weighted by Crippen LogP contribution is 2.43. The monoisotopic (exact) mass is 650 g/mol. The van der Waals surface area contributed by atoms with Crippen LogP contribution in [0.5, 0.6) is 11.5 Å². The zero-order valence-electron chi connectivity index (χ0n) is 29.3. The smallest absolute Gasteiger partial charge is 0.134 e. The molecule has 0 amide bonds. The van der Waals surface area contributed by atoms with E-state index in [2.05, 4.69) is 68.4 Å². The van der Waals surface area contributed by atoms with Gasteiger partial charge in [0, 0.05) is 36.6 Å². The lowest BCUT2D eigenvalue weighted by atomic mass is 9.90. The van der Waals surface area contributed by atoms with Crippen LogP contribution in [0.25, 0.3) is 0 Å². The van der Waals surface area contributed by atoms with Crippen LogP contribution in [0.15, 0.2) is 48.5 Å². The largest absolute Gasteiger partial charge is 0.493 e. The zero-order chi connectivity index (χ0) is 33.6. The van der Waals surface area contributed by atoms with Crippen molar-refractivity contribution in [2.75, 3.05) is 50.7 Å². The maximum Gasteiger partial charge on any atom is 0.134 e. The number of rotatable bonds is 15. The first kappa shape index (κ1) is 37.4. The second-order valence-electron chi connectivity index (χ2n) is 12.1. The number of carbonyl (C=O) groups excluding carboxylic acids is 1. The molecule has 1 unspecified atom stereocenters. The Kier molecular flexibility index (Phi) is 15.4. The number of benzene rings is 3. The fraction of sp³-hybridized carbons (Fsp3) is 0.513. The van der Waals surface area contributed by atoms with E-state index in [9.17, 15) is 4.79 Å². The number of aldehydes is 1. The minimum absolute atomic E-state index is 0.0974. The third kappa shape index (κ3) is 9.74. The van der Waals surface area contributed by atoms with E-state index in [0.29, 0.717) is 37.6 Å². The second-order valence-corrected chi connectivity index (χ2v) is 13.0. The number of carbonyl (C=O) groups is 1. The van der Waals surface area contributed by atoms with Gasteiger partial charge in [-0.05, 0) is 104 Å². The Balaban J connectivity index is 0.000000370. The first-order valence-electron chi connectivity index (χ1n) is 16.9. The molecule has 1 heterocycles. The summed E-state index contributed by atoms with van der Waals surface area (Å²) in [6.45, 7) is 14.9. The predicted molar refractivity (Wildman–Crippen MR) is 194 cm³/mol. The Morgan fingerprint density at radius 1 is 1.02 bits per heavy atom. The van der Waals surface area contributed by atoms with Gasteiger partial charge in [-0.3, -0.25) is 4.90 Å². The molecule has 5 nitrogen and oxygen atoms in total. The number of anilines is 1. The molecule has 4 rings (SSSR count). The Labute approximate surface area is 281 Å². The van der Waals surface area contributed by atoms with Crippen molar-refractivity contribution < 1.29 is 18.7 Å². The molecule has 46 heavy (non-hydrogen) atoms. The van der Waals surface area contributed by atoms with Gasteiger partial charge in [0.05, 0.1) is 19.8 Å². The minimum atomic E-state index is -0.192. The number of nitrogens with one attached hydrogen (secondary N) is 1. The number of ether oxygens (including phenoxy) is 2. The highest BCUT2D eigenvalue weighted by Gasteiger charge is 2.34. The third-order valence-electron chi connectivity index (χ3n) is 8.98. The highest BCUT2D eigenvalue weighted by molar-refractivity contribution is 7.98. The number of thioether (sulfide) groups is 1. The molecule has 1 aliphatic rings. The Morgan fingerprint density at radius 3 is 2.24 bits per heavy atom. The van der Waals surface area contributed by atoms with Crippen LogP contribution >= 0.6 is 11.8 Å². The molecule has 3 atom stereocenters. The van der Waals surface area contributed by atoms with Crippen molar-refractivity contribution in [1.29, 1.82) is 0 Å². The van der Waals surface area contributed by atoms with E-state index in [1.807, 2.05) is 39.1 Å². The van der Waals surface area contributed by atoms with Crippen LogP contribution in [-0.4, -0.2) is 56.5 Å². The molecular formula is C39H55FN2O3S. The second kappa shape index (κ2) is 19.0. The van der Waals surface area contributed by atoms with Crippen LogP contribution in [0.1, 0.15) is 98.7 Å². The fourth-order valence-electron chi connectivity index (χ4n) is 6.44. The average Bonchev–Trinajstić information content (AvgIpc) is 3.48. The van der Waals surface area contributed by atoms with Crippen molar-refractivity contribution in [3.8, 4) is 11.5 Å². The molecule has 1 aliphatic heterocycles. The lowest BCUT2D eigenvalue weighted by Gasteiger charge is -2.22. The maximum atomic E-state index is 15.2. The van der Waals surface area contributed by atoms with Crippen LogP contribution in [0.3, 0.4) is 0 Å². The summed E-state index contributed by atoms with van der Waals surface area (Å²) < 4.78 is 26.8. The van der Waals surface area contributed by atoms with Crippen molar-refractivity contribution in [3.05, 3.63) is 87.7 Å². The minimum Gasteiger partial charge on any atom is -0.493 e. The SMILES string of the molecule is CCOc1cc([C@@H]2C[C@H](c3ccc(OCCSC)cc3)N(CC=O)C2)cc(F)c1C(C)CC.CCc1cc(C)cc(CC)c1NC. The van der Waals surface area contributed by atoms with E-state index in [1.54, 1.807) is 17.8 Å². The molecular weight excluding hydrogens is 596 g/mol. The summed E-state index contributed by atoms with van der Waals surface area (Å²) in [5.74, 6) is 2.50. The Bertz CT molecular complexity index is 1360. The van der Waals surface area contributed by atoms with Crippen LogP contribution in [0.4, 0.5) is 10.1 Å². The van der Waals surface area contributed by atoms with E-state index >= 15 is 4.39 Å². The van der Waals surface area contributed by atoms with Gasteiger partial charge in [0.2, 0.25) is 0 Å². The van der Waals surface area contributed by atoms with Crippen LogP contribution in [-0.2, 0) is 17.6 Å². The number of likely N-dealkylation sites (tertiary alicyclic amines) is 1. The standard InChI is InChI=1S/C27H36FNO3S.C12H19N/c1-5-19(3)27-24(28)15-21(17-26(27)31-6-2)22-16-25(29(18-22)11-12-30)20-7-9-23(10-8-20)32-13-14-33-4;1-5-10-7-9(3)8-11(6-2)12(10)13-4/h7-10,12,15,17,19,22,25H,5-6,11,13-14,16,18H2,1-4H3;7-8,13H,5-6H2,1-4H3/t19?,22-,25-;/m1./s1. The quantitative estimate of drug-likeness (QED) is 0.131. The topological polar surface area (TPSA) is 50.8 Å². The van der Waals surface area contributed by atoms with E-state index in [4.69, 9.17) is 9.47 Å². The van der Waals surface area contributed by atoms with Gasteiger partial charge in [0.15, 0.2) is 0 Å². The van der Waals surface area contributed by atoms with Crippen molar-refractivity contribution in [2.24, 2.45) is 0 Å². The first-order valence-corrected chi connectivity index (χ1v) is 18.3. The third-order valence-corrected chi connectivity index (χ3v) is 9.56. The molecule has 0 spiro atoms. The summed E-state index contributed by atoms with van der Waals surface area (Å²) in [6, 6.07) is 16.5.